The Morgan fingerprint density at radius 1 is 1.21 bits per heavy atom. The molecule has 5 heteroatoms. The van der Waals surface area contributed by atoms with Gasteiger partial charge in [-0.25, -0.2) is 4.68 Å². The number of fused-ring (bicyclic) bond motifs is 1. The molecule has 3 aromatic rings. The minimum absolute atomic E-state index is 0.0918. The molecule has 0 saturated carbocycles. The number of ether oxygens (including phenoxy) is 1. The number of rotatable bonds is 5. The summed E-state index contributed by atoms with van der Waals surface area (Å²) in [5, 5.41) is 15.7. The van der Waals surface area contributed by atoms with Gasteiger partial charge in [-0.1, -0.05) is 35.9 Å². The van der Waals surface area contributed by atoms with Gasteiger partial charge in [-0.15, -0.1) is 0 Å². The lowest BCUT2D eigenvalue weighted by atomic mass is 10.1. The summed E-state index contributed by atoms with van der Waals surface area (Å²) in [5.74, 6) is 0.735. The molecule has 0 aliphatic rings. The second kappa shape index (κ2) is 6.84. The van der Waals surface area contributed by atoms with Crippen LogP contribution in [0.4, 0.5) is 0 Å². The first-order valence-corrected chi connectivity index (χ1v) is 7.87. The van der Waals surface area contributed by atoms with E-state index in [1.165, 1.54) is 4.68 Å². The summed E-state index contributed by atoms with van der Waals surface area (Å²) in [6.07, 6.45) is 0.811. The Kier molecular flexibility index (Phi) is 4.62. The molecule has 5 nitrogen and oxygen atoms in total. The molecular weight excluding hydrogens is 304 g/mol. The van der Waals surface area contributed by atoms with Gasteiger partial charge in [0.1, 0.15) is 18.5 Å². The molecule has 1 unspecified atom stereocenters. The zero-order valence-electron chi connectivity index (χ0n) is 13.8. The molecule has 0 aliphatic carbocycles. The molecule has 3 rings (SSSR count). The first kappa shape index (κ1) is 16.2. The molecule has 124 valence electrons. The molecule has 0 amide bonds. The maximum absolute atomic E-state index is 12.4. The smallest absolute Gasteiger partial charge is 0.274 e. The molecule has 0 spiro atoms. The van der Waals surface area contributed by atoms with Crippen molar-refractivity contribution in [2.45, 2.75) is 26.5 Å². The number of aliphatic hydroxyl groups excluding tert-OH is 1. The van der Waals surface area contributed by atoms with Crippen LogP contribution in [0.5, 0.6) is 5.75 Å². The zero-order chi connectivity index (χ0) is 17.1. The highest BCUT2D eigenvalue weighted by molar-refractivity contribution is 5.80. The minimum atomic E-state index is -0.822. The lowest BCUT2D eigenvalue weighted by Crippen LogP contribution is -2.31. The molecular formula is C19H20N2O3. The number of aliphatic hydroxyl groups is 1. The van der Waals surface area contributed by atoms with Crippen molar-refractivity contribution in [1.29, 1.82) is 0 Å². The average molecular weight is 324 g/mol. The van der Waals surface area contributed by atoms with E-state index in [0.717, 1.165) is 22.3 Å². The van der Waals surface area contributed by atoms with Gasteiger partial charge in [0.15, 0.2) is 0 Å². The highest BCUT2D eigenvalue weighted by Gasteiger charge is 2.11. The van der Waals surface area contributed by atoms with Crippen LogP contribution in [0.25, 0.3) is 10.8 Å². The molecule has 0 aliphatic heterocycles. The molecule has 0 fully saturated rings. The van der Waals surface area contributed by atoms with Gasteiger partial charge in [-0.2, -0.15) is 5.10 Å². The van der Waals surface area contributed by atoms with Gasteiger partial charge in [0.2, 0.25) is 0 Å². The molecule has 0 radical (unpaired) electrons. The topological polar surface area (TPSA) is 64.3 Å². The number of hydrogen-bond donors (Lipinski definition) is 1. The maximum atomic E-state index is 12.4. The van der Waals surface area contributed by atoms with E-state index in [-0.39, 0.29) is 18.7 Å². The lowest BCUT2D eigenvalue weighted by Gasteiger charge is -2.15. The first-order chi connectivity index (χ1) is 11.5. The quantitative estimate of drug-likeness (QED) is 0.783. The van der Waals surface area contributed by atoms with Gasteiger partial charge < -0.3 is 9.84 Å². The van der Waals surface area contributed by atoms with Crippen molar-refractivity contribution >= 4 is 10.8 Å². The van der Waals surface area contributed by atoms with E-state index in [9.17, 15) is 9.90 Å². The van der Waals surface area contributed by atoms with Gasteiger partial charge >= 0.3 is 0 Å². The van der Waals surface area contributed by atoms with E-state index in [2.05, 4.69) is 5.10 Å². The Hall–Kier alpha value is -2.66. The van der Waals surface area contributed by atoms with Crippen LogP contribution in [0, 0.1) is 13.8 Å². The standard InChI is InChI=1S/C19H20N2O3/c1-13-7-8-18(14(2)9-13)24-12-16(22)11-21-19(23)17-6-4-3-5-15(17)10-20-21/h3-10,16,22H,11-12H2,1-2H3. The van der Waals surface area contributed by atoms with E-state index < -0.39 is 6.10 Å². The fourth-order valence-electron chi connectivity index (χ4n) is 2.66. The molecule has 1 atom stereocenters. The van der Waals surface area contributed by atoms with Crippen LogP contribution >= 0.6 is 0 Å². The average Bonchev–Trinajstić information content (AvgIpc) is 2.57. The summed E-state index contributed by atoms with van der Waals surface area (Å²) in [6.45, 7) is 4.17. The lowest BCUT2D eigenvalue weighted by molar-refractivity contribution is 0.0878. The molecule has 2 aromatic carbocycles. The summed E-state index contributed by atoms with van der Waals surface area (Å²) in [7, 11) is 0. The van der Waals surface area contributed by atoms with Gasteiger partial charge in [0, 0.05) is 5.39 Å². The number of aryl methyl sites for hydroxylation is 2. The zero-order valence-corrected chi connectivity index (χ0v) is 13.8. The molecule has 0 saturated heterocycles. The third-order valence-corrected chi connectivity index (χ3v) is 3.91. The highest BCUT2D eigenvalue weighted by atomic mass is 16.5. The first-order valence-electron chi connectivity index (χ1n) is 7.87. The summed E-state index contributed by atoms with van der Waals surface area (Å²) in [5.41, 5.74) is 1.97. The number of nitrogens with zero attached hydrogens (tertiary/aromatic N) is 2. The Morgan fingerprint density at radius 3 is 2.79 bits per heavy atom. The van der Waals surface area contributed by atoms with Crippen LogP contribution in [-0.4, -0.2) is 27.6 Å². The van der Waals surface area contributed by atoms with Crippen LogP contribution < -0.4 is 10.3 Å². The number of benzene rings is 2. The minimum Gasteiger partial charge on any atom is -0.491 e. The van der Waals surface area contributed by atoms with E-state index in [0.29, 0.717) is 5.39 Å². The second-order valence-corrected chi connectivity index (χ2v) is 5.95. The van der Waals surface area contributed by atoms with Crippen LogP contribution in [0.2, 0.25) is 0 Å². The third kappa shape index (κ3) is 3.46. The highest BCUT2D eigenvalue weighted by Crippen LogP contribution is 2.18. The molecule has 0 bridgehead atoms. The molecule has 1 N–H and O–H groups in total. The van der Waals surface area contributed by atoms with Crippen LogP contribution in [0.15, 0.2) is 53.5 Å². The largest absolute Gasteiger partial charge is 0.491 e. The van der Waals surface area contributed by atoms with E-state index >= 15 is 0 Å². The summed E-state index contributed by atoms with van der Waals surface area (Å²) >= 11 is 0. The fraction of sp³-hybridized carbons (Fsp3) is 0.263. The second-order valence-electron chi connectivity index (χ2n) is 5.95. The Morgan fingerprint density at radius 2 is 2.00 bits per heavy atom. The Bertz CT molecular complexity index is 918. The van der Waals surface area contributed by atoms with E-state index in [1.807, 2.05) is 50.2 Å². The van der Waals surface area contributed by atoms with Crippen molar-refractivity contribution in [2.24, 2.45) is 0 Å². The Balaban J connectivity index is 1.70. The van der Waals surface area contributed by atoms with Gasteiger partial charge in [0.05, 0.1) is 18.1 Å². The van der Waals surface area contributed by atoms with Crippen molar-refractivity contribution in [3.63, 3.8) is 0 Å². The third-order valence-electron chi connectivity index (χ3n) is 3.91. The SMILES string of the molecule is Cc1ccc(OCC(O)Cn2ncc3ccccc3c2=O)c(C)c1. The fourth-order valence-corrected chi connectivity index (χ4v) is 2.66. The van der Waals surface area contributed by atoms with E-state index in [1.54, 1.807) is 12.3 Å². The number of aromatic nitrogens is 2. The van der Waals surface area contributed by atoms with Crippen molar-refractivity contribution in [3.8, 4) is 5.75 Å². The van der Waals surface area contributed by atoms with Crippen molar-refractivity contribution < 1.29 is 9.84 Å². The summed E-state index contributed by atoms with van der Waals surface area (Å²) in [6, 6.07) is 13.1. The van der Waals surface area contributed by atoms with E-state index in [4.69, 9.17) is 4.74 Å². The number of hydrogen-bond acceptors (Lipinski definition) is 4. The molecule has 24 heavy (non-hydrogen) atoms. The Labute approximate surface area is 140 Å². The summed E-state index contributed by atoms with van der Waals surface area (Å²) in [4.78, 5) is 12.4. The van der Waals surface area contributed by atoms with Crippen molar-refractivity contribution in [3.05, 3.63) is 70.1 Å². The van der Waals surface area contributed by atoms with Gasteiger partial charge in [-0.05, 0) is 31.5 Å². The molecule has 1 aromatic heterocycles. The maximum Gasteiger partial charge on any atom is 0.274 e. The van der Waals surface area contributed by atoms with Crippen LogP contribution in [0.1, 0.15) is 11.1 Å². The summed E-state index contributed by atoms with van der Waals surface area (Å²) < 4.78 is 6.94. The van der Waals surface area contributed by atoms with Gasteiger partial charge in [-0.3, -0.25) is 4.79 Å². The predicted octanol–water partition coefficient (Wildman–Crippen LogP) is 2.45. The predicted molar refractivity (Wildman–Crippen MR) is 93.4 cm³/mol. The van der Waals surface area contributed by atoms with Crippen LogP contribution in [-0.2, 0) is 6.54 Å². The van der Waals surface area contributed by atoms with Gasteiger partial charge in [0.25, 0.3) is 5.56 Å². The van der Waals surface area contributed by atoms with Crippen LogP contribution in [0.3, 0.4) is 0 Å². The monoisotopic (exact) mass is 324 g/mol. The molecule has 1 heterocycles. The van der Waals surface area contributed by atoms with Crippen molar-refractivity contribution in [1.82, 2.24) is 9.78 Å². The normalized spacial score (nSPS) is 12.3. The van der Waals surface area contributed by atoms with Crippen molar-refractivity contribution in [2.75, 3.05) is 6.61 Å².